The van der Waals surface area contributed by atoms with Crippen molar-refractivity contribution in [1.82, 2.24) is 24.5 Å². The van der Waals surface area contributed by atoms with Gasteiger partial charge in [-0.2, -0.15) is 5.10 Å². The third-order valence-corrected chi connectivity index (χ3v) is 3.89. The third kappa shape index (κ3) is 4.06. The van der Waals surface area contributed by atoms with E-state index in [0.717, 1.165) is 5.56 Å². The highest BCUT2D eigenvalue weighted by Gasteiger charge is 2.17. The number of amides is 1. The summed E-state index contributed by atoms with van der Waals surface area (Å²) in [7, 11) is 0. The average Bonchev–Trinajstić information content (AvgIpc) is 3.26. The van der Waals surface area contributed by atoms with Crippen LogP contribution in [-0.4, -0.2) is 41.5 Å². The van der Waals surface area contributed by atoms with Crippen LogP contribution in [0.2, 0.25) is 5.02 Å². The first-order chi connectivity index (χ1) is 12.4. The Bertz CT molecular complexity index is 934. The molecule has 1 amide bonds. The monoisotopic (exact) mass is 374 g/mol. The fourth-order valence-corrected chi connectivity index (χ4v) is 2.28. The normalized spacial score (nSPS) is 11.9. The van der Waals surface area contributed by atoms with Crippen LogP contribution < -0.4 is 5.32 Å². The van der Waals surface area contributed by atoms with Gasteiger partial charge in [-0.3, -0.25) is 14.8 Å². The second kappa shape index (κ2) is 7.36. The highest BCUT2D eigenvalue weighted by atomic mass is 35.5. The predicted molar refractivity (Wildman–Crippen MR) is 93.1 cm³/mol. The molecule has 1 aromatic carbocycles. The molecule has 0 aliphatic carbocycles. The van der Waals surface area contributed by atoms with Gasteiger partial charge in [-0.15, -0.1) is 5.10 Å². The lowest BCUT2D eigenvalue weighted by Gasteiger charge is -2.05. The molecule has 2 N–H and O–H groups in total. The Morgan fingerprint density at radius 2 is 2.04 bits per heavy atom. The molecule has 2 aromatic heterocycles. The Balaban J connectivity index is 1.64. The fourth-order valence-electron chi connectivity index (χ4n) is 2.16. The van der Waals surface area contributed by atoms with Crippen molar-refractivity contribution in [1.29, 1.82) is 0 Å². The second-order valence-corrected chi connectivity index (χ2v) is 6.01. The van der Waals surface area contributed by atoms with E-state index in [9.17, 15) is 9.59 Å². The van der Waals surface area contributed by atoms with Crippen molar-refractivity contribution in [3.05, 3.63) is 59.1 Å². The summed E-state index contributed by atoms with van der Waals surface area (Å²) in [5, 5.41) is 20.2. The van der Waals surface area contributed by atoms with E-state index in [0.29, 0.717) is 11.6 Å². The summed E-state index contributed by atoms with van der Waals surface area (Å²) < 4.78 is 2.78. The van der Waals surface area contributed by atoms with E-state index in [4.69, 9.17) is 16.7 Å². The summed E-state index contributed by atoms with van der Waals surface area (Å²) in [5.41, 5.74) is 1.20. The summed E-state index contributed by atoms with van der Waals surface area (Å²) in [6.07, 6.45) is 4.15. The molecule has 3 aromatic rings. The van der Waals surface area contributed by atoms with Crippen molar-refractivity contribution < 1.29 is 14.7 Å². The highest BCUT2D eigenvalue weighted by molar-refractivity contribution is 6.30. The molecule has 0 spiro atoms. The lowest BCUT2D eigenvalue weighted by Crippen LogP contribution is -2.16. The lowest BCUT2D eigenvalue weighted by atomic mass is 10.2. The van der Waals surface area contributed by atoms with E-state index in [1.165, 1.54) is 30.3 Å². The zero-order chi connectivity index (χ0) is 18.7. The summed E-state index contributed by atoms with van der Waals surface area (Å²) in [5.74, 6) is -1.37. The number of carboxylic acid groups (broad SMARTS) is 1. The van der Waals surface area contributed by atoms with Gasteiger partial charge >= 0.3 is 5.97 Å². The molecule has 26 heavy (non-hydrogen) atoms. The molecule has 0 saturated carbocycles. The van der Waals surface area contributed by atoms with E-state index in [-0.39, 0.29) is 11.5 Å². The Morgan fingerprint density at radius 1 is 1.31 bits per heavy atom. The first-order valence-electron chi connectivity index (χ1n) is 7.64. The van der Waals surface area contributed by atoms with Crippen LogP contribution in [0, 0.1) is 0 Å². The van der Waals surface area contributed by atoms with Crippen LogP contribution in [0.4, 0.5) is 5.95 Å². The highest BCUT2D eigenvalue weighted by Crippen LogP contribution is 2.11. The molecule has 0 aliphatic rings. The number of hydrogen-bond acceptors (Lipinski definition) is 5. The average molecular weight is 375 g/mol. The first kappa shape index (κ1) is 17.6. The summed E-state index contributed by atoms with van der Waals surface area (Å²) in [6, 6.07) is 6.45. The standard InChI is InChI=1S/C16H15ClN6O3/c1-10(15(25)26)23-8-12(6-19-23)14(24)20-16-18-9-22(21-16)7-11-2-4-13(17)5-3-11/h2-6,8-10H,7H2,1H3,(H,25,26)(H,20,21,24). The van der Waals surface area contributed by atoms with Gasteiger partial charge in [-0.05, 0) is 24.6 Å². The van der Waals surface area contributed by atoms with Crippen LogP contribution >= 0.6 is 11.6 Å². The van der Waals surface area contributed by atoms with Gasteiger partial charge < -0.3 is 5.11 Å². The van der Waals surface area contributed by atoms with Gasteiger partial charge in [0.05, 0.1) is 18.3 Å². The van der Waals surface area contributed by atoms with Gasteiger partial charge in [0.25, 0.3) is 5.91 Å². The van der Waals surface area contributed by atoms with E-state index in [1.54, 1.807) is 16.8 Å². The molecule has 0 radical (unpaired) electrons. The van der Waals surface area contributed by atoms with Crippen molar-refractivity contribution in [3.8, 4) is 0 Å². The molecule has 3 rings (SSSR count). The topological polar surface area (TPSA) is 115 Å². The Labute approximate surface area is 153 Å². The SMILES string of the molecule is CC(C(=O)O)n1cc(C(=O)Nc2ncn(Cc3ccc(Cl)cc3)n2)cn1. The molecule has 0 aliphatic heterocycles. The molecule has 9 nitrogen and oxygen atoms in total. The number of hydrogen-bond donors (Lipinski definition) is 2. The maximum Gasteiger partial charge on any atom is 0.328 e. The predicted octanol–water partition coefficient (Wildman–Crippen LogP) is 2.07. The van der Waals surface area contributed by atoms with Crippen molar-refractivity contribution in [2.24, 2.45) is 0 Å². The number of carbonyl (C=O) groups is 2. The Kier molecular flexibility index (Phi) is 4.99. The molecule has 2 heterocycles. The Hall–Kier alpha value is -3.20. The Morgan fingerprint density at radius 3 is 2.73 bits per heavy atom. The molecule has 1 atom stereocenters. The number of anilines is 1. The number of aromatic nitrogens is 5. The number of rotatable bonds is 6. The molecule has 10 heteroatoms. The van der Waals surface area contributed by atoms with Crippen LogP contribution in [0.1, 0.15) is 28.9 Å². The number of aliphatic carboxylic acids is 1. The number of carboxylic acids is 1. The number of benzene rings is 1. The maximum absolute atomic E-state index is 12.2. The summed E-state index contributed by atoms with van der Waals surface area (Å²) in [6.45, 7) is 1.95. The van der Waals surface area contributed by atoms with Crippen molar-refractivity contribution in [2.45, 2.75) is 19.5 Å². The van der Waals surface area contributed by atoms with Crippen LogP contribution in [0.15, 0.2) is 43.0 Å². The van der Waals surface area contributed by atoms with Gasteiger partial charge in [0.15, 0.2) is 0 Å². The molecule has 134 valence electrons. The number of nitrogens with one attached hydrogen (secondary N) is 1. The van der Waals surface area contributed by atoms with E-state index < -0.39 is 17.9 Å². The van der Waals surface area contributed by atoms with Gasteiger partial charge in [0.2, 0.25) is 5.95 Å². The summed E-state index contributed by atoms with van der Waals surface area (Å²) in [4.78, 5) is 27.2. The smallest absolute Gasteiger partial charge is 0.328 e. The quantitative estimate of drug-likeness (QED) is 0.682. The van der Waals surface area contributed by atoms with Crippen LogP contribution in [-0.2, 0) is 11.3 Å². The number of nitrogens with zero attached hydrogens (tertiary/aromatic N) is 5. The largest absolute Gasteiger partial charge is 0.480 e. The third-order valence-electron chi connectivity index (χ3n) is 3.64. The van der Waals surface area contributed by atoms with E-state index >= 15 is 0 Å². The van der Waals surface area contributed by atoms with Gasteiger partial charge in [0, 0.05) is 11.2 Å². The van der Waals surface area contributed by atoms with Gasteiger partial charge in [0.1, 0.15) is 12.4 Å². The number of halogens is 1. The molecule has 0 bridgehead atoms. The van der Waals surface area contributed by atoms with Crippen molar-refractivity contribution >= 4 is 29.4 Å². The van der Waals surface area contributed by atoms with Gasteiger partial charge in [-0.1, -0.05) is 23.7 Å². The number of carbonyl (C=O) groups excluding carboxylic acids is 1. The zero-order valence-corrected chi connectivity index (χ0v) is 14.5. The van der Waals surface area contributed by atoms with E-state index in [2.05, 4.69) is 20.5 Å². The first-order valence-corrected chi connectivity index (χ1v) is 8.02. The minimum atomic E-state index is -1.04. The summed E-state index contributed by atoms with van der Waals surface area (Å²) >= 11 is 5.85. The minimum Gasteiger partial charge on any atom is -0.480 e. The van der Waals surface area contributed by atoms with Crippen LogP contribution in [0.3, 0.4) is 0 Å². The zero-order valence-electron chi connectivity index (χ0n) is 13.7. The molecule has 0 fully saturated rings. The second-order valence-electron chi connectivity index (χ2n) is 5.57. The van der Waals surface area contributed by atoms with Crippen LogP contribution in [0.25, 0.3) is 0 Å². The van der Waals surface area contributed by atoms with Crippen LogP contribution in [0.5, 0.6) is 0 Å². The van der Waals surface area contributed by atoms with Crippen molar-refractivity contribution in [3.63, 3.8) is 0 Å². The maximum atomic E-state index is 12.2. The van der Waals surface area contributed by atoms with Crippen molar-refractivity contribution in [2.75, 3.05) is 5.32 Å². The van der Waals surface area contributed by atoms with Gasteiger partial charge in [-0.25, -0.2) is 14.5 Å². The molecular formula is C16H15ClN6O3. The minimum absolute atomic E-state index is 0.142. The lowest BCUT2D eigenvalue weighted by molar-refractivity contribution is -0.140. The molecule has 0 saturated heterocycles. The molecular weight excluding hydrogens is 360 g/mol. The molecule has 1 unspecified atom stereocenters. The van der Waals surface area contributed by atoms with E-state index in [1.807, 2.05) is 12.1 Å². The fraction of sp³-hybridized carbons (Fsp3) is 0.188.